The van der Waals surface area contributed by atoms with Gasteiger partial charge >= 0.3 is 0 Å². The fraction of sp³-hybridized carbons (Fsp3) is 0.344. The van der Waals surface area contributed by atoms with Crippen molar-refractivity contribution < 1.29 is 0 Å². The standard InChI is InChI=1S/C30H40.C28H30.C3H4/c1-7-12-30(21-23(3)4)27(8-2)19-20-29(22-26-13-10-9-11-14-26)25(6)28-17-15-24(5)16-18-28;1-7-21(22-13-9-8-12-18(22)2)20(4)26-19(3)16-17-24-23-14-10-11-15-25(23)28(5,6)27(24)26;1-3-2/h7-15,17-21,23-25,29H,16,22H2,1-6H3;8-17H,7H2,1-6H3;1H,2H3/b12-7-,20-19-,27-8+,30-21+;21-20+;. The molecule has 2 aliphatic carbocycles. The Morgan fingerprint density at radius 1 is 0.836 bits per heavy atom. The number of allylic oxidation sites excluding steroid dienone is 14. The molecule has 0 aliphatic heterocycles. The first kappa shape index (κ1) is 48.3. The molecular weight excluding hydrogens is 733 g/mol. The van der Waals surface area contributed by atoms with Gasteiger partial charge in [0.25, 0.3) is 0 Å². The summed E-state index contributed by atoms with van der Waals surface area (Å²) in [5.74, 6) is 4.38. The second kappa shape index (κ2) is 23.0. The molecule has 0 spiro atoms. The molecule has 3 atom stereocenters. The summed E-state index contributed by atoms with van der Waals surface area (Å²) < 4.78 is 0. The van der Waals surface area contributed by atoms with E-state index in [0.717, 1.165) is 19.3 Å². The molecule has 0 N–H and O–H groups in total. The summed E-state index contributed by atoms with van der Waals surface area (Å²) in [5.41, 5.74) is 19.7. The minimum Gasteiger partial charge on any atom is -0.120 e. The van der Waals surface area contributed by atoms with Crippen LogP contribution in [-0.4, -0.2) is 0 Å². The molecule has 6 rings (SSSR count). The first-order valence-corrected chi connectivity index (χ1v) is 22.7. The molecule has 0 heteroatoms. The molecule has 0 aromatic heterocycles. The Morgan fingerprint density at radius 2 is 1.49 bits per heavy atom. The molecule has 0 radical (unpaired) electrons. The average molecular weight is 807 g/mol. The Morgan fingerprint density at radius 3 is 2.10 bits per heavy atom. The Labute approximate surface area is 372 Å². The minimum atomic E-state index is 0.0130. The summed E-state index contributed by atoms with van der Waals surface area (Å²) in [5, 5.41) is 0. The fourth-order valence-electron chi connectivity index (χ4n) is 9.18. The van der Waals surface area contributed by atoms with Gasteiger partial charge in [-0.25, -0.2) is 0 Å². The molecule has 0 nitrogen and oxygen atoms in total. The quantitative estimate of drug-likeness (QED) is 0.0760. The van der Waals surface area contributed by atoms with Crippen molar-refractivity contribution in [2.45, 2.75) is 115 Å². The van der Waals surface area contributed by atoms with E-state index in [4.69, 9.17) is 0 Å². The van der Waals surface area contributed by atoms with Crippen molar-refractivity contribution in [2.75, 3.05) is 0 Å². The molecule has 4 aromatic carbocycles. The van der Waals surface area contributed by atoms with E-state index in [-0.39, 0.29) is 5.41 Å². The van der Waals surface area contributed by atoms with E-state index < -0.39 is 0 Å². The van der Waals surface area contributed by atoms with Crippen LogP contribution in [0.2, 0.25) is 0 Å². The maximum absolute atomic E-state index is 4.60. The summed E-state index contributed by atoms with van der Waals surface area (Å²) in [4.78, 5) is 0. The SMILES string of the molecule is C#CC.CC/C(=C(/C)c1c(C)ccc2c1C(C)(C)c1ccccc1-2)c1ccccc1C.C\C=C/C(=C\C(C)C)C(/C=C\C(Cc1ccccc1)C(C)C1=CCC(C)C=C1)=C/C. The topological polar surface area (TPSA) is 0 Å². The normalized spacial score (nSPS) is 17.0. The summed E-state index contributed by atoms with van der Waals surface area (Å²) >= 11 is 0. The Bertz CT molecular complexity index is 2330. The van der Waals surface area contributed by atoms with Gasteiger partial charge in [0.15, 0.2) is 0 Å². The van der Waals surface area contributed by atoms with Crippen molar-refractivity contribution in [1.82, 2.24) is 0 Å². The Hall–Kier alpha value is -5.38. The highest BCUT2D eigenvalue weighted by Crippen LogP contribution is 2.52. The minimum absolute atomic E-state index is 0.0130. The number of hydrogen-bond donors (Lipinski definition) is 0. The number of terminal acetylenes is 1. The van der Waals surface area contributed by atoms with Crippen molar-refractivity contribution in [3.63, 3.8) is 0 Å². The van der Waals surface area contributed by atoms with Crippen molar-refractivity contribution >= 4 is 11.1 Å². The van der Waals surface area contributed by atoms with E-state index >= 15 is 0 Å². The summed E-state index contributed by atoms with van der Waals surface area (Å²) in [7, 11) is 0. The molecule has 318 valence electrons. The third-order valence-corrected chi connectivity index (χ3v) is 12.4. The van der Waals surface area contributed by atoms with Gasteiger partial charge in [-0.05, 0) is 162 Å². The van der Waals surface area contributed by atoms with Crippen molar-refractivity contribution in [3.05, 3.63) is 201 Å². The number of benzene rings is 4. The number of hydrogen-bond acceptors (Lipinski definition) is 0. The fourth-order valence-corrected chi connectivity index (χ4v) is 9.18. The molecule has 0 saturated heterocycles. The lowest BCUT2D eigenvalue weighted by Gasteiger charge is -2.27. The molecule has 0 fully saturated rings. The van der Waals surface area contributed by atoms with E-state index in [0.29, 0.717) is 23.7 Å². The molecule has 0 heterocycles. The van der Waals surface area contributed by atoms with E-state index in [1.807, 2.05) is 0 Å². The van der Waals surface area contributed by atoms with Gasteiger partial charge in [-0.2, -0.15) is 0 Å². The highest BCUT2D eigenvalue weighted by Gasteiger charge is 2.38. The molecule has 0 saturated carbocycles. The van der Waals surface area contributed by atoms with E-state index in [2.05, 4.69) is 241 Å². The second-order valence-corrected chi connectivity index (χ2v) is 17.8. The molecule has 61 heavy (non-hydrogen) atoms. The Kier molecular flexibility index (Phi) is 18.2. The first-order chi connectivity index (χ1) is 29.2. The van der Waals surface area contributed by atoms with Gasteiger partial charge in [0.1, 0.15) is 0 Å². The number of aryl methyl sites for hydroxylation is 2. The monoisotopic (exact) mass is 807 g/mol. The van der Waals surface area contributed by atoms with Gasteiger partial charge in [-0.15, -0.1) is 12.3 Å². The van der Waals surface area contributed by atoms with Crippen LogP contribution in [0, 0.1) is 49.9 Å². The van der Waals surface area contributed by atoms with Crippen LogP contribution in [-0.2, 0) is 11.8 Å². The van der Waals surface area contributed by atoms with E-state index in [9.17, 15) is 0 Å². The van der Waals surface area contributed by atoms with Crippen LogP contribution in [0.5, 0.6) is 0 Å². The van der Waals surface area contributed by atoms with Gasteiger partial charge in [0.2, 0.25) is 0 Å². The van der Waals surface area contributed by atoms with Crippen LogP contribution in [0.3, 0.4) is 0 Å². The molecular formula is C61H74. The zero-order valence-electron chi connectivity index (χ0n) is 39.9. The highest BCUT2D eigenvalue weighted by atomic mass is 14.4. The van der Waals surface area contributed by atoms with Gasteiger partial charge in [0.05, 0.1) is 0 Å². The van der Waals surface area contributed by atoms with Gasteiger partial charge < -0.3 is 0 Å². The lowest BCUT2D eigenvalue weighted by molar-refractivity contribution is 0.488. The molecule has 4 aromatic rings. The number of rotatable bonds is 12. The van der Waals surface area contributed by atoms with Gasteiger partial charge in [-0.1, -0.05) is 194 Å². The Balaban J connectivity index is 0.000000253. The predicted octanol–water partition coefficient (Wildman–Crippen LogP) is 17.3. The van der Waals surface area contributed by atoms with Crippen LogP contribution >= 0.6 is 0 Å². The summed E-state index contributed by atoms with van der Waals surface area (Å²) in [6.07, 6.45) is 28.7. The molecule has 0 amide bonds. The van der Waals surface area contributed by atoms with E-state index in [1.165, 1.54) is 77.9 Å². The highest BCUT2D eigenvalue weighted by molar-refractivity contribution is 5.96. The largest absolute Gasteiger partial charge is 0.120 e. The van der Waals surface area contributed by atoms with Crippen LogP contribution < -0.4 is 0 Å². The van der Waals surface area contributed by atoms with Crippen LogP contribution in [0.25, 0.3) is 22.3 Å². The van der Waals surface area contributed by atoms with Gasteiger partial charge in [0, 0.05) is 5.41 Å². The predicted molar refractivity (Wildman–Crippen MR) is 272 cm³/mol. The van der Waals surface area contributed by atoms with Gasteiger partial charge in [-0.3, -0.25) is 0 Å². The number of fused-ring (bicyclic) bond motifs is 3. The zero-order valence-corrected chi connectivity index (χ0v) is 39.9. The van der Waals surface area contributed by atoms with Crippen LogP contribution in [0.15, 0.2) is 162 Å². The smallest absolute Gasteiger partial charge is 0.0164 e. The molecule has 0 bridgehead atoms. The van der Waals surface area contributed by atoms with Crippen LogP contribution in [0.1, 0.15) is 128 Å². The first-order valence-electron chi connectivity index (χ1n) is 22.7. The lowest BCUT2D eigenvalue weighted by atomic mass is 9.76. The van der Waals surface area contributed by atoms with Crippen molar-refractivity contribution in [1.29, 1.82) is 0 Å². The van der Waals surface area contributed by atoms with Crippen LogP contribution in [0.4, 0.5) is 0 Å². The summed E-state index contributed by atoms with van der Waals surface area (Å²) in [6.45, 7) is 28.9. The lowest BCUT2D eigenvalue weighted by Crippen LogP contribution is -2.17. The third-order valence-electron chi connectivity index (χ3n) is 12.4. The average Bonchev–Trinajstić information content (AvgIpc) is 3.48. The summed E-state index contributed by atoms with van der Waals surface area (Å²) in [6, 6.07) is 33.2. The zero-order chi connectivity index (χ0) is 44.7. The second-order valence-electron chi connectivity index (χ2n) is 17.8. The van der Waals surface area contributed by atoms with Crippen molar-refractivity contribution in [3.8, 4) is 23.5 Å². The maximum atomic E-state index is 4.60. The third kappa shape index (κ3) is 12.1. The van der Waals surface area contributed by atoms with Crippen molar-refractivity contribution in [2.24, 2.45) is 23.7 Å². The molecule has 2 aliphatic rings. The molecule has 3 unspecified atom stereocenters. The van der Waals surface area contributed by atoms with E-state index in [1.54, 1.807) is 6.92 Å². The maximum Gasteiger partial charge on any atom is 0.0164 e.